The summed E-state index contributed by atoms with van der Waals surface area (Å²) in [6.07, 6.45) is -8.90. The number of benzene rings is 3. The van der Waals surface area contributed by atoms with E-state index in [2.05, 4.69) is 20.2 Å². The largest absolute Gasteiger partial charge is 0.416 e. The zero-order valence-corrected chi connectivity index (χ0v) is 29.9. The first kappa shape index (κ1) is 36.6. The summed E-state index contributed by atoms with van der Waals surface area (Å²) in [6, 6.07) is 30.4. The number of nitrogens with one attached hydrogen (secondary N) is 2. The summed E-state index contributed by atoms with van der Waals surface area (Å²) in [7, 11) is 0. The number of hydrogen-bond donors (Lipinski definition) is 2. The molecule has 0 aliphatic heterocycles. The first-order valence-electron chi connectivity index (χ1n) is 16.5. The second-order valence-corrected chi connectivity index (χ2v) is 14.2. The van der Waals surface area contributed by atoms with Gasteiger partial charge in [0.1, 0.15) is 21.5 Å². The monoisotopic (exact) mass is 792 g/mol. The molecule has 0 saturated heterocycles. The Morgan fingerprint density at radius 3 is 1.48 bits per heavy atom. The number of hydrogen-bond acceptors (Lipinski definition) is 10. The summed E-state index contributed by atoms with van der Waals surface area (Å²) in [5.41, 5.74) is 2.94. The molecule has 16 heteroatoms. The van der Waals surface area contributed by atoms with Gasteiger partial charge in [0.05, 0.1) is 44.9 Å². The van der Waals surface area contributed by atoms with Crippen LogP contribution in [0.5, 0.6) is 0 Å². The van der Waals surface area contributed by atoms with Gasteiger partial charge in [-0.15, -0.1) is 10.2 Å². The Morgan fingerprint density at radius 2 is 0.911 bits per heavy atom. The van der Waals surface area contributed by atoms with E-state index in [1.807, 2.05) is 24.3 Å². The number of nitrogens with zero attached hydrogens (tertiary/aromatic N) is 6. The van der Waals surface area contributed by atoms with Crippen LogP contribution in [0.2, 0.25) is 0 Å². The standard InChI is InChI=1S/C40H22F6N8S2/c41-39(42,43)25-15-9-21(10-16-25)27-3-1-5-29(49-27)35(47)55-36(48)30-19-13-23-7-8-24-14-20-32(52-34(24)33(23)51-30)38-54-53-37(56-38)31-6-2-4-28(50-31)22-11-17-26(18-12-22)40(44,45)46/h1-20,47-48H. The van der Waals surface area contributed by atoms with Crippen LogP contribution in [0.25, 0.3) is 65.7 Å². The molecule has 0 atom stereocenters. The van der Waals surface area contributed by atoms with Gasteiger partial charge in [-0.2, -0.15) is 26.3 Å². The molecule has 2 N–H and O–H groups in total. The predicted molar refractivity (Wildman–Crippen MR) is 206 cm³/mol. The highest BCUT2D eigenvalue weighted by Gasteiger charge is 2.31. The van der Waals surface area contributed by atoms with Crippen molar-refractivity contribution in [2.45, 2.75) is 12.4 Å². The molecular weight excluding hydrogens is 771 g/mol. The van der Waals surface area contributed by atoms with Crippen molar-refractivity contribution in [1.29, 1.82) is 10.8 Å². The number of fused-ring (bicyclic) bond motifs is 3. The Labute approximate surface area is 321 Å². The SMILES string of the molecule is N=C(SC(=N)c1ccc2ccc3ccc(-c4nnc(-c5cccc(-c6ccc(C(F)(F)F)cc6)n5)s4)nc3c2n1)c1cccc(-c2ccc(C(F)(F)F)cc2)n1. The Hall–Kier alpha value is -6.39. The fraction of sp³-hybridized carbons (Fsp3) is 0.0500. The van der Waals surface area contributed by atoms with E-state index in [0.29, 0.717) is 60.6 Å². The lowest BCUT2D eigenvalue weighted by Crippen LogP contribution is -2.06. The van der Waals surface area contributed by atoms with Crippen LogP contribution in [-0.4, -0.2) is 40.2 Å². The predicted octanol–water partition coefficient (Wildman–Crippen LogP) is 11.2. The van der Waals surface area contributed by atoms with E-state index in [1.54, 1.807) is 48.5 Å². The van der Waals surface area contributed by atoms with Gasteiger partial charge in [-0.05, 0) is 72.4 Å². The second kappa shape index (κ2) is 14.4. The summed E-state index contributed by atoms with van der Waals surface area (Å²) in [5, 5.41) is 28.6. The minimum Gasteiger partial charge on any atom is -0.292 e. The van der Waals surface area contributed by atoms with E-state index in [4.69, 9.17) is 20.8 Å². The molecule has 0 aliphatic carbocycles. The van der Waals surface area contributed by atoms with Gasteiger partial charge in [0.15, 0.2) is 10.0 Å². The third-order valence-electron chi connectivity index (χ3n) is 8.57. The number of thioether (sulfide) groups is 1. The van der Waals surface area contributed by atoms with E-state index in [0.717, 1.165) is 46.8 Å². The van der Waals surface area contributed by atoms with Crippen LogP contribution in [-0.2, 0) is 12.4 Å². The van der Waals surface area contributed by atoms with Crippen LogP contribution < -0.4 is 0 Å². The third kappa shape index (κ3) is 7.48. The molecule has 8 rings (SSSR count). The zero-order chi connectivity index (χ0) is 39.2. The molecule has 0 saturated carbocycles. The number of alkyl halides is 6. The zero-order valence-electron chi connectivity index (χ0n) is 28.3. The fourth-order valence-corrected chi connectivity index (χ4v) is 7.17. The molecule has 276 valence electrons. The molecule has 0 unspecified atom stereocenters. The number of rotatable bonds is 6. The summed E-state index contributed by atoms with van der Waals surface area (Å²) in [5.74, 6) is 0. The van der Waals surface area contributed by atoms with Gasteiger partial charge in [0.2, 0.25) is 0 Å². The minimum absolute atomic E-state index is 0.0217. The first-order chi connectivity index (χ1) is 26.8. The van der Waals surface area contributed by atoms with Crippen molar-refractivity contribution >= 4 is 55.0 Å². The van der Waals surface area contributed by atoms with Crippen molar-refractivity contribution in [3.8, 4) is 43.9 Å². The van der Waals surface area contributed by atoms with Crippen LogP contribution in [0.4, 0.5) is 26.3 Å². The maximum atomic E-state index is 13.1. The molecule has 0 radical (unpaired) electrons. The molecule has 0 bridgehead atoms. The molecule has 0 spiro atoms. The van der Waals surface area contributed by atoms with Gasteiger partial charge in [-0.1, -0.05) is 72.0 Å². The first-order valence-corrected chi connectivity index (χ1v) is 18.1. The average molecular weight is 793 g/mol. The molecule has 0 fully saturated rings. The maximum Gasteiger partial charge on any atom is 0.416 e. The highest BCUT2D eigenvalue weighted by atomic mass is 32.2. The van der Waals surface area contributed by atoms with Gasteiger partial charge in [-0.3, -0.25) is 10.8 Å². The van der Waals surface area contributed by atoms with Crippen molar-refractivity contribution in [3.05, 3.63) is 144 Å². The van der Waals surface area contributed by atoms with Crippen LogP contribution in [0.3, 0.4) is 0 Å². The van der Waals surface area contributed by atoms with Crippen molar-refractivity contribution in [1.82, 2.24) is 30.1 Å². The fourth-order valence-electron chi connectivity index (χ4n) is 5.75. The van der Waals surface area contributed by atoms with Crippen molar-refractivity contribution < 1.29 is 26.3 Å². The smallest absolute Gasteiger partial charge is 0.292 e. The molecular formula is C40H22F6N8S2. The highest BCUT2D eigenvalue weighted by Crippen LogP contribution is 2.35. The molecule has 5 heterocycles. The molecule has 0 aliphatic rings. The molecule has 0 amide bonds. The number of pyridine rings is 4. The molecule has 5 aromatic heterocycles. The number of halogens is 6. The maximum absolute atomic E-state index is 13.1. The van der Waals surface area contributed by atoms with Crippen LogP contribution in [0, 0.1) is 10.8 Å². The van der Waals surface area contributed by atoms with Crippen molar-refractivity contribution in [3.63, 3.8) is 0 Å². The average Bonchev–Trinajstić information content (AvgIpc) is 3.71. The number of aromatic nitrogens is 6. The molecule has 8 aromatic rings. The summed E-state index contributed by atoms with van der Waals surface area (Å²) in [6.45, 7) is 0. The Morgan fingerprint density at radius 1 is 0.464 bits per heavy atom. The third-order valence-corrected chi connectivity index (χ3v) is 10.4. The Bertz CT molecular complexity index is 2800. The minimum atomic E-state index is -4.46. The van der Waals surface area contributed by atoms with E-state index < -0.39 is 23.5 Å². The van der Waals surface area contributed by atoms with E-state index >= 15 is 0 Å². The van der Waals surface area contributed by atoms with Crippen molar-refractivity contribution in [2.75, 3.05) is 0 Å². The van der Waals surface area contributed by atoms with Gasteiger partial charge < -0.3 is 0 Å². The molecule has 8 nitrogen and oxygen atoms in total. The Balaban J connectivity index is 1.03. The lowest BCUT2D eigenvalue weighted by Gasteiger charge is -2.10. The topological polar surface area (TPSA) is 125 Å². The highest BCUT2D eigenvalue weighted by molar-refractivity contribution is 8.27. The summed E-state index contributed by atoms with van der Waals surface area (Å²) < 4.78 is 78.3. The van der Waals surface area contributed by atoms with Crippen molar-refractivity contribution in [2.24, 2.45) is 0 Å². The lowest BCUT2D eigenvalue weighted by atomic mass is 10.1. The van der Waals surface area contributed by atoms with E-state index in [1.165, 1.54) is 35.6 Å². The van der Waals surface area contributed by atoms with Crippen LogP contribution in [0.15, 0.2) is 121 Å². The van der Waals surface area contributed by atoms with Gasteiger partial charge >= 0.3 is 12.4 Å². The summed E-state index contributed by atoms with van der Waals surface area (Å²) >= 11 is 2.08. The summed E-state index contributed by atoms with van der Waals surface area (Å²) in [4.78, 5) is 18.7. The van der Waals surface area contributed by atoms with Crippen LogP contribution in [0.1, 0.15) is 22.5 Å². The second-order valence-electron chi connectivity index (χ2n) is 12.2. The van der Waals surface area contributed by atoms with Gasteiger partial charge in [-0.25, -0.2) is 19.9 Å². The van der Waals surface area contributed by atoms with E-state index in [-0.39, 0.29) is 15.8 Å². The molecule has 3 aromatic carbocycles. The lowest BCUT2D eigenvalue weighted by molar-refractivity contribution is -0.138. The normalized spacial score (nSPS) is 12.0. The van der Waals surface area contributed by atoms with Gasteiger partial charge in [0, 0.05) is 21.9 Å². The van der Waals surface area contributed by atoms with Gasteiger partial charge in [0.25, 0.3) is 0 Å². The quantitative estimate of drug-likeness (QED) is 0.0743. The van der Waals surface area contributed by atoms with E-state index in [9.17, 15) is 26.3 Å². The van der Waals surface area contributed by atoms with Crippen LogP contribution >= 0.6 is 23.1 Å². The Kier molecular flexibility index (Phi) is 9.38. The molecule has 56 heavy (non-hydrogen) atoms.